The van der Waals surface area contributed by atoms with Crippen LogP contribution in [-0.2, 0) is 11.2 Å². The Morgan fingerprint density at radius 3 is 2.65 bits per heavy atom. The van der Waals surface area contributed by atoms with Crippen LogP contribution in [0.25, 0.3) is 0 Å². The van der Waals surface area contributed by atoms with E-state index in [-0.39, 0.29) is 12.1 Å². The molecule has 6 heteroatoms. The molecule has 5 nitrogen and oxygen atoms in total. The van der Waals surface area contributed by atoms with Crippen LogP contribution in [0.4, 0.5) is 0 Å². The van der Waals surface area contributed by atoms with E-state index in [0.717, 1.165) is 5.56 Å². The maximum Gasteiger partial charge on any atom is 0.231 e. The molecule has 0 bridgehead atoms. The third-order valence-corrected chi connectivity index (χ3v) is 2.95. The van der Waals surface area contributed by atoms with E-state index in [0.29, 0.717) is 29.8 Å². The maximum absolute atomic E-state index is 5.94. The van der Waals surface area contributed by atoms with Crippen LogP contribution in [0.3, 0.4) is 0 Å². The van der Waals surface area contributed by atoms with E-state index in [1.807, 2.05) is 38.1 Å². The molecule has 108 valence electrons. The molecule has 0 saturated carbocycles. The number of benzene rings is 1. The summed E-state index contributed by atoms with van der Waals surface area (Å²) in [6.07, 6.45) is 0.684. The summed E-state index contributed by atoms with van der Waals surface area (Å²) in [6.45, 7) is 4.28. The first-order chi connectivity index (χ1) is 9.54. The van der Waals surface area contributed by atoms with Crippen molar-refractivity contribution in [3.8, 4) is 0 Å². The summed E-state index contributed by atoms with van der Waals surface area (Å²) in [7, 11) is 0. The standard InChI is InChI=1S/C14H18ClN3O2/c1-9(2)19-8-12(16)14-17-13(20-18-14)7-10-3-5-11(15)6-4-10/h3-6,9,12H,7-8,16H2,1-2H3. The molecule has 1 unspecified atom stereocenters. The van der Waals surface area contributed by atoms with Gasteiger partial charge in [0.05, 0.1) is 25.2 Å². The maximum atomic E-state index is 5.94. The Morgan fingerprint density at radius 1 is 1.30 bits per heavy atom. The van der Waals surface area contributed by atoms with E-state index in [1.165, 1.54) is 0 Å². The van der Waals surface area contributed by atoms with Crippen molar-refractivity contribution >= 4 is 11.6 Å². The van der Waals surface area contributed by atoms with Crippen molar-refractivity contribution in [3.05, 3.63) is 46.6 Å². The van der Waals surface area contributed by atoms with Gasteiger partial charge in [0, 0.05) is 5.02 Å². The minimum Gasteiger partial charge on any atom is -0.377 e. The molecule has 1 atom stereocenters. The SMILES string of the molecule is CC(C)OCC(N)c1noc(Cc2ccc(Cl)cc2)n1. The van der Waals surface area contributed by atoms with Gasteiger partial charge in [0.1, 0.15) is 0 Å². The molecule has 0 spiro atoms. The van der Waals surface area contributed by atoms with E-state index >= 15 is 0 Å². The number of hydrogen-bond donors (Lipinski definition) is 1. The Kier molecular flexibility index (Phi) is 5.11. The normalized spacial score (nSPS) is 12.8. The number of ether oxygens (including phenoxy) is 1. The van der Waals surface area contributed by atoms with E-state index in [4.69, 9.17) is 26.6 Å². The van der Waals surface area contributed by atoms with Gasteiger partial charge in [0.2, 0.25) is 5.89 Å². The highest BCUT2D eigenvalue weighted by molar-refractivity contribution is 6.30. The van der Waals surface area contributed by atoms with E-state index < -0.39 is 0 Å². The fourth-order valence-corrected chi connectivity index (χ4v) is 1.76. The quantitative estimate of drug-likeness (QED) is 0.887. The highest BCUT2D eigenvalue weighted by Crippen LogP contribution is 2.14. The molecule has 2 aromatic rings. The van der Waals surface area contributed by atoms with Crippen LogP contribution >= 0.6 is 11.6 Å². The molecule has 20 heavy (non-hydrogen) atoms. The van der Waals surface area contributed by atoms with E-state index in [2.05, 4.69) is 10.1 Å². The molecule has 1 aromatic carbocycles. The van der Waals surface area contributed by atoms with Crippen LogP contribution in [-0.4, -0.2) is 22.9 Å². The minimum absolute atomic E-state index is 0.126. The zero-order chi connectivity index (χ0) is 14.5. The molecular formula is C14H18ClN3O2. The monoisotopic (exact) mass is 295 g/mol. The van der Waals surface area contributed by atoms with Gasteiger partial charge in [-0.1, -0.05) is 28.9 Å². The molecule has 0 aliphatic heterocycles. The number of aromatic nitrogens is 2. The third-order valence-electron chi connectivity index (χ3n) is 2.69. The first-order valence-corrected chi connectivity index (χ1v) is 6.86. The summed E-state index contributed by atoms with van der Waals surface area (Å²) in [4.78, 5) is 4.29. The first-order valence-electron chi connectivity index (χ1n) is 6.48. The van der Waals surface area contributed by atoms with Crippen molar-refractivity contribution in [1.82, 2.24) is 10.1 Å². The zero-order valence-corrected chi connectivity index (χ0v) is 12.3. The van der Waals surface area contributed by atoms with Gasteiger partial charge in [-0.15, -0.1) is 0 Å². The predicted molar refractivity (Wildman–Crippen MR) is 76.6 cm³/mol. The van der Waals surface area contributed by atoms with Crippen LogP contribution in [0.5, 0.6) is 0 Å². The summed E-state index contributed by atoms with van der Waals surface area (Å²) in [5.74, 6) is 0.997. The number of nitrogens with two attached hydrogens (primary N) is 1. The fraction of sp³-hybridized carbons (Fsp3) is 0.429. The van der Waals surface area contributed by atoms with Crippen molar-refractivity contribution in [2.75, 3.05) is 6.61 Å². The zero-order valence-electron chi connectivity index (χ0n) is 11.5. The van der Waals surface area contributed by atoms with Gasteiger partial charge in [0.25, 0.3) is 0 Å². The largest absolute Gasteiger partial charge is 0.377 e. The van der Waals surface area contributed by atoms with Crippen molar-refractivity contribution in [2.45, 2.75) is 32.4 Å². The van der Waals surface area contributed by atoms with Gasteiger partial charge < -0.3 is 15.0 Å². The molecule has 0 aliphatic carbocycles. The second-order valence-corrected chi connectivity index (χ2v) is 5.27. The van der Waals surface area contributed by atoms with Crippen LogP contribution < -0.4 is 5.73 Å². The van der Waals surface area contributed by atoms with Crippen molar-refractivity contribution < 1.29 is 9.26 Å². The van der Waals surface area contributed by atoms with Gasteiger partial charge in [-0.2, -0.15) is 4.98 Å². The lowest BCUT2D eigenvalue weighted by Crippen LogP contribution is -2.20. The molecule has 0 radical (unpaired) electrons. The van der Waals surface area contributed by atoms with Crippen LogP contribution in [0, 0.1) is 0 Å². The lowest BCUT2D eigenvalue weighted by molar-refractivity contribution is 0.0665. The molecule has 0 fully saturated rings. The second-order valence-electron chi connectivity index (χ2n) is 4.84. The summed E-state index contributed by atoms with van der Waals surface area (Å²) in [6, 6.07) is 7.13. The molecule has 2 N–H and O–H groups in total. The second kappa shape index (κ2) is 6.83. The fourth-order valence-electron chi connectivity index (χ4n) is 1.64. The summed E-state index contributed by atoms with van der Waals surface area (Å²) in [5.41, 5.74) is 6.99. The highest BCUT2D eigenvalue weighted by Gasteiger charge is 2.15. The number of rotatable bonds is 6. The first kappa shape index (κ1) is 15.0. The lowest BCUT2D eigenvalue weighted by Gasteiger charge is -2.10. The molecular weight excluding hydrogens is 278 g/mol. The number of hydrogen-bond acceptors (Lipinski definition) is 5. The Bertz CT molecular complexity index is 540. The summed E-state index contributed by atoms with van der Waals surface area (Å²) < 4.78 is 10.6. The van der Waals surface area contributed by atoms with Gasteiger partial charge in [-0.3, -0.25) is 0 Å². The molecule has 1 heterocycles. The van der Waals surface area contributed by atoms with Crippen LogP contribution in [0.1, 0.15) is 37.2 Å². The summed E-state index contributed by atoms with van der Waals surface area (Å²) in [5, 5.41) is 4.59. The van der Waals surface area contributed by atoms with Crippen molar-refractivity contribution in [1.29, 1.82) is 0 Å². The van der Waals surface area contributed by atoms with Crippen molar-refractivity contribution in [3.63, 3.8) is 0 Å². The van der Waals surface area contributed by atoms with Crippen LogP contribution in [0.2, 0.25) is 5.02 Å². The minimum atomic E-state index is -0.375. The van der Waals surface area contributed by atoms with Crippen LogP contribution in [0.15, 0.2) is 28.8 Å². The lowest BCUT2D eigenvalue weighted by atomic mass is 10.1. The van der Waals surface area contributed by atoms with E-state index in [1.54, 1.807) is 0 Å². The topological polar surface area (TPSA) is 74.2 Å². The average molecular weight is 296 g/mol. The van der Waals surface area contributed by atoms with E-state index in [9.17, 15) is 0 Å². The Hall–Kier alpha value is -1.43. The molecule has 1 aromatic heterocycles. The Balaban J connectivity index is 1.96. The number of halogens is 1. The molecule has 0 saturated heterocycles. The predicted octanol–water partition coefficient (Wildman–Crippen LogP) is 2.74. The smallest absolute Gasteiger partial charge is 0.231 e. The van der Waals surface area contributed by atoms with Gasteiger partial charge in [-0.05, 0) is 31.5 Å². The molecule has 2 rings (SSSR count). The highest BCUT2D eigenvalue weighted by atomic mass is 35.5. The Morgan fingerprint density at radius 2 is 2.00 bits per heavy atom. The summed E-state index contributed by atoms with van der Waals surface area (Å²) >= 11 is 5.84. The van der Waals surface area contributed by atoms with Gasteiger partial charge >= 0.3 is 0 Å². The molecule has 0 aliphatic rings. The number of nitrogens with zero attached hydrogens (tertiary/aromatic N) is 2. The van der Waals surface area contributed by atoms with Gasteiger partial charge in [0.15, 0.2) is 5.82 Å². The van der Waals surface area contributed by atoms with Gasteiger partial charge in [-0.25, -0.2) is 0 Å². The molecule has 0 amide bonds. The van der Waals surface area contributed by atoms with Crippen molar-refractivity contribution in [2.24, 2.45) is 5.73 Å². The third kappa shape index (κ3) is 4.30. The average Bonchev–Trinajstić information content (AvgIpc) is 2.87. The Labute approximate surface area is 123 Å².